The molecule has 0 fully saturated rings. The second-order valence-electron chi connectivity index (χ2n) is 3.80. The Morgan fingerprint density at radius 2 is 2.46 bits per heavy atom. The van der Waals surface area contributed by atoms with E-state index in [2.05, 4.69) is 31.0 Å². The van der Waals surface area contributed by atoms with Crippen molar-refractivity contribution in [2.24, 2.45) is 0 Å². The third kappa shape index (κ3) is 3.77. The van der Waals surface area contributed by atoms with E-state index in [1.807, 2.05) is 6.08 Å². The van der Waals surface area contributed by atoms with Gasteiger partial charge in [0.05, 0.1) is 0 Å². The molecule has 13 heavy (non-hydrogen) atoms. The van der Waals surface area contributed by atoms with Crippen molar-refractivity contribution in [3.63, 3.8) is 0 Å². The Hall–Kier alpha value is -0.560. The van der Waals surface area contributed by atoms with Gasteiger partial charge in [0.25, 0.3) is 0 Å². The van der Waals surface area contributed by atoms with Gasteiger partial charge in [-0.15, -0.1) is 6.58 Å². The summed E-state index contributed by atoms with van der Waals surface area (Å²) in [4.78, 5) is 0. The minimum Gasteiger partial charge on any atom is -0.307 e. The lowest BCUT2D eigenvalue weighted by Crippen LogP contribution is -2.39. The SMILES string of the molecule is C=CCC1CC=CC(CCCC)N1. The maximum Gasteiger partial charge on any atom is 0.0252 e. The molecule has 0 bridgehead atoms. The first-order valence-electron chi connectivity index (χ1n) is 5.40. The molecule has 1 heteroatoms. The lowest BCUT2D eigenvalue weighted by Gasteiger charge is -2.26. The van der Waals surface area contributed by atoms with Crippen LogP contribution in [0.15, 0.2) is 24.8 Å². The molecule has 0 amide bonds. The zero-order valence-electron chi connectivity index (χ0n) is 8.63. The molecule has 1 heterocycles. The lowest BCUT2D eigenvalue weighted by atomic mass is 10.00. The minimum atomic E-state index is 0.610. The van der Waals surface area contributed by atoms with E-state index in [0.717, 1.165) is 12.8 Å². The molecular formula is C12H21N. The Labute approximate surface area is 81.9 Å². The number of hydrogen-bond acceptors (Lipinski definition) is 1. The first kappa shape index (κ1) is 10.5. The highest BCUT2D eigenvalue weighted by Crippen LogP contribution is 2.12. The van der Waals surface area contributed by atoms with Gasteiger partial charge in [0, 0.05) is 12.1 Å². The predicted octanol–water partition coefficient (Wildman–Crippen LogP) is 3.04. The molecule has 0 saturated carbocycles. The first-order valence-corrected chi connectivity index (χ1v) is 5.40. The summed E-state index contributed by atoms with van der Waals surface area (Å²) in [6, 6.07) is 1.24. The monoisotopic (exact) mass is 179 g/mol. The van der Waals surface area contributed by atoms with E-state index < -0.39 is 0 Å². The Morgan fingerprint density at radius 1 is 1.62 bits per heavy atom. The highest BCUT2D eigenvalue weighted by molar-refractivity contribution is 5.02. The average molecular weight is 179 g/mol. The van der Waals surface area contributed by atoms with E-state index in [-0.39, 0.29) is 0 Å². The van der Waals surface area contributed by atoms with Gasteiger partial charge in [0.2, 0.25) is 0 Å². The van der Waals surface area contributed by atoms with Crippen LogP contribution in [0.2, 0.25) is 0 Å². The van der Waals surface area contributed by atoms with Crippen molar-refractivity contribution in [1.82, 2.24) is 5.32 Å². The molecule has 2 atom stereocenters. The van der Waals surface area contributed by atoms with Gasteiger partial charge in [-0.3, -0.25) is 0 Å². The molecule has 0 saturated heterocycles. The molecule has 1 N–H and O–H groups in total. The standard InChI is InChI=1S/C12H21N/c1-3-5-8-12-10-6-9-11(13-12)7-4-2/h4,6,10-13H,2-3,5,7-9H2,1H3. The largest absolute Gasteiger partial charge is 0.307 e. The Bertz CT molecular complexity index is 172. The summed E-state index contributed by atoms with van der Waals surface area (Å²) in [7, 11) is 0. The fraction of sp³-hybridized carbons (Fsp3) is 0.667. The number of nitrogens with one attached hydrogen (secondary N) is 1. The molecular weight excluding hydrogens is 158 g/mol. The van der Waals surface area contributed by atoms with Crippen LogP contribution in [0, 0.1) is 0 Å². The summed E-state index contributed by atoms with van der Waals surface area (Å²) in [6.45, 7) is 6.02. The van der Waals surface area contributed by atoms with Gasteiger partial charge >= 0.3 is 0 Å². The molecule has 0 aromatic rings. The number of unbranched alkanes of at least 4 members (excludes halogenated alkanes) is 1. The van der Waals surface area contributed by atoms with Gasteiger partial charge in [0.1, 0.15) is 0 Å². The molecule has 1 rings (SSSR count). The Balaban J connectivity index is 2.28. The normalized spacial score (nSPS) is 27.5. The van der Waals surface area contributed by atoms with Gasteiger partial charge in [-0.2, -0.15) is 0 Å². The summed E-state index contributed by atoms with van der Waals surface area (Å²) in [6.07, 6.45) is 12.8. The van der Waals surface area contributed by atoms with E-state index >= 15 is 0 Å². The number of rotatable bonds is 5. The van der Waals surface area contributed by atoms with Crippen molar-refractivity contribution < 1.29 is 0 Å². The van der Waals surface area contributed by atoms with Crippen molar-refractivity contribution in [2.75, 3.05) is 0 Å². The smallest absolute Gasteiger partial charge is 0.0252 e. The maximum absolute atomic E-state index is 3.78. The zero-order chi connectivity index (χ0) is 9.52. The third-order valence-corrected chi connectivity index (χ3v) is 2.56. The molecule has 0 radical (unpaired) electrons. The summed E-state index contributed by atoms with van der Waals surface area (Å²) >= 11 is 0. The van der Waals surface area contributed by atoms with Gasteiger partial charge in [-0.05, 0) is 19.3 Å². The molecule has 0 aromatic carbocycles. The fourth-order valence-corrected chi connectivity index (χ4v) is 1.80. The summed E-state index contributed by atoms with van der Waals surface area (Å²) in [5, 5.41) is 3.63. The van der Waals surface area contributed by atoms with Crippen LogP contribution in [0.25, 0.3) is 0 Å². The van der Waals surface area contributed by atoms with Crippen molar-refractivity contribution >= 4 is 0 Å². The fourth-order valence-electron chi connectivity index (χ4n) is 1.80. The average Bonchev–Trinajstić information content (AvgIpc) is 2.16. The van der Waals surface area contributed by atoms with Crippen LogP contribution in [-0.4, -0.2) is 12.1 Å². The van der Waals surface area contributed by atoms with Crippen LogP contribution in [0.4, 0.5) is 0 Å². The summed E-state index contributed by atoms with van der Waals surface area (Å²) < 4.78 is 0. The Morgan fingerprint density at radius 3 is 3.15 bits per heavy atom. The maximum atomic E-state index is 3.78. The summed E-state index contributed by atoms with van der Waals surface area (Å²) in [5.74, 6) is 0. The van der Waals surface area contributed by atoms with Crippen molar-refractivity contribution in [3.8, 4) is 0 Å². The van der Waals surface area contributed by atoms with Crippen LogP contribution in [0.1, 0.15) is 39.0 Å². The molecule has 0 aromatic heterocycles. The Kier molecular flexibility index (Phi) is 4.84. The number of hydrogen-bond donors (Lipinski definition) is 1. The molecule has 0 aliphatic carbocycles. The lowest BCUT2D eigenvalue weighted by molar-refractivity contribution is 0.429. The summed E-state index contributed by atoms with van der Waals surface area (Å²) in [5.41, 5.74) is 0. The highest BCUT2D eigenvalue weighted by atomic mass is 14.9. The zero-order valence-corrected chi connectivity index (χ0v) is 8.63. The minimum absolute atomic E-state index is 0.610. The predicted molar refractivity (Wildman–Crippen MR) is 58.8 cm³/mol. The second-order valence-corrected chi connectivity index (χ2v) is 3.80. The van der Waals surface area contributed by atoms with Crippen LogP contribution in [-0.2, 0) is 0 Å². The third-order valence-electron chi connectivity index (χ3n) is 2.56. The van der Waals surface area contributed by atoms with E-state index in [0.29, 0.717) is 12.1 Å². The van der Waals surface area contributed by atoms with Crippen molar-refractivity contribution in [2.45, 2.75) is 51.1 Å². The van der Waals surface area contributed by atoms with E-state index in [9.17, 15) is 0 Å². The van der Waals surface area contributed by atoms with Crippen molar-refractivity contribution in [1.29, 1.82) is 0 Å². The van der Waals surface area contributed by atoms with Crippen LogP contribution >= 0.6 is 0 Å². The van der Waals surface area contributed by atoms with Crippen LogP contribution < -0.4 is 5.32 Å². The van der Waals surface area contributed by atoms with Crippen LogP contribution in [0.5, 0.6) is 0 Å². The topological polar surface area (TPSA) is 12.0 Å². The molecule has 0 spiro atoms. The van der Waals surface area contributed by atoms with E-state index in [4.69, 9.17) is 0 Å². The first-order chi connectivity index (χ1) is 6.36. The second kappa shape index (κ2) is 5.98. The van der Waals surface area contributed by atoms with Gasteiger partial charge in [0.15, 0.2) is 0 Å². The molecule has 2 unspecified atom stereocenters. The van der Waals surface area contributed by atoms with Gasteiger partial charge in [-0.1, -0.05) is 38.0 Å². The highest BCUT2D eigenvalue weighted by Gasteiger charge is 2.14. The molecule has 74 valence electrons. The van der Waals surface area contributed by atoms with E-state index in [1.165, 1.54) is 19.3 Å². The molecule has 1 nitrogen and oxygen atoms in total. The van der Waals surface area contributed by atoms with Gasteiger partial charge < -0.3 is 5.32 Å². The molecule has 1 aliphatic rings. The van der Waals surface area contributed by atoms with Gasteiger partial charge in [-0.25, -0.2) is 0 Å². The quantitative estimate of drug-likeness (QED) is 0.640. The van der Waals surface area contributed by atoms with E-state index in [1.54, 1.807) is 0 Å². The molecule has 1 aliphatic heterocycles. The van der Waals surface area contributed by atoms with Crippen LogP contribution in [0.3, 0.4) is 0 Å². The van der Waals surface area contributed by atoms with Crippen molar-refractivity contribution in [3.05, 3.63) is 24.8 Å².